The summed E-state index contributed by atoms with van der Waals surface area (Å²) in [6.07, 6.45) is 1.32. The monoisotopic (exact) mass is 237 g/mol. The first kappa shape index (κ1) is 12.8. The van der Waals surface area contributed by atoms with E-state index < -0.39 is 6.04 Å². The van der Waals surface area contributed by atoms with Gasteiger partial charge in [0.15, 0.2) is 0 Å². The predicted octanol–water partition coefficient (Wildman–Crippen LogP) is 1.58. The first-order chi connectivity index (χ1) is 7.59. The molecule has 1 aromatic carbocycles. The Kier molecular flexibility index (Phi) is 5.05. The molecule has 0 spiro atoms. The number of amides is 1. The third kappa shape index (κ3) is 4.49. The summed E-state index contributed by atoms with van der Waals surface area (Å²) in [6, 6.07) is 9.33. The lowest BCUT2D eigenvalue weighted by atomic mass is 10.1. The molecule has 1 aromatic rings. The standard InChI is InChI=1S/C12H15NO2S/c1-9(14)13-11(12(15)16)8-7-10-5-3-2-4-6-10/h2-6,11H,7-8H2,1H3,(H,13,14)(H,15,16)/t11-/m1/s1. The van der Waals surface area contributed by atoms with Gasteiger partial charge in [0.05, 0.1) is 6.04 Å². The molecular weight excluding hydrogens is 222 g/mol. The van der Waals surface area contributed by atoms with E-state index in [0.29, 0.717) is 6.42 Å². The molecule has 16 heavy (non-hydrogen) atoms. The Balaban J connectivity index is 2.50. The number of rotatable bonds is 5. The van der Waals surface area contributed by atoms with Crippen molar-refractivity contribution in [1.82, 2.24) is 5.32 Å². The van der Waals surface area contributed by atoms with Crippen LogP contribution < -0.4 is 5.32 Å². The van der Waals surface area contributed by atoms with Gasteiger partial charge in [0, 0.05) is 6.92 Å². The van der Waals surface area contributed by atoms with Crippen molar-refractivity contribution in [2.75, 3.05) is 0 Å². The van der Waals surface area contributed by atoms with Gasteiger partial charge in [0.25, 0.3) is 0 Å². The third-order valence-electron chi connectivity index (χ3n) is 2.24. The summed E-state index contributed by atoms with van der Waals surface area (Å²) in [4.78, 5) is 22.0. The Morgan fingerprint density at radius 2 is 1.94 bits per heavy atom. The van der Waals surface area contributed by atoms with Crippen molar-refractivity contribution in [3.63, 3.8) is 0 Å². The van der Waals surface area contributed by atoms with Gasteiger partial charge in [-0.25, -0.2) is 0 Å². The quantitative estimate of drug-likeness (QED) is 0.764. The van der Waals surface area contributed by atoms with E-state index in [2.05, 4.69) is 17.9 Å². The number of carbonyl (C=O) groups is 2. The zero-order valence-electron chi connectivity index (χ0n) is 9.14. The Hall–Kier alpha value is -1.29. The summed E-state index contributed by atoms with van der Waals surface area (Å²) < 4.78 is 0. The number of nitrogens with one attached hydrogen (secondary N) is 1. The molecule has 4 heteroatoms. The van der Waals surface area contributed by atoms with Gasteiger partial charge < -0.3 is 5.32 Å². The van der Waals surface area contributed by atoms with Crippen molar-refractivity contribution < 1.29 is 9.59 Å². The topological polar surface area (TPSA) is 46.2 Å². The van der Waals surface area contributed by atoms with E-state index in [1.807, 2.05) is 30.3 Å². The average Bonchev–Trinajstić information content (AvgIpc) is 2.25. The molecular formula is C12H15NO2S. The molecule has 1 rings (SSSR count). The Morgan fingerprint density at radius 1 is 1.31 bits per heavy atom. The van der Waals surface area contributed by atoms with Crippen molar-refractivity contribution in [2.45, 2.75) is 25.8 Å². The first-order valence-electron chi connectivity index (χ1n) is 5.13. The normalized spacial score (nSPS) is 11.9. The zero-order chi connectivity index (χ0) is 12.0. The lowest BCUT2D eigenvalue weighted by molar-refractivity contribution is -0.123. The number of benzene rings is 1. The molecule has 0 aliphatic carbocycles. The molecule has 0 heterocycles. The fourth-order valence-corrected chi connectivity index (χ4v) is 1.65. The predicted molar refractivity (Wildman–Crippen MR) is 66.4 cm³/mol. The van der Waals surface area contributed by atoms with Crippen molar-refractivity contribution in [3.8, 4) is 0 Å². The van der Waals surface area contributed by atoms with Crippen LogP contribution in [0.15, 0.2) is 30.3 Å². The smallest absolute Gasteiger partial charge is 0.217 e. The maximum atomic E-state index is 11.2. The molecule has 1 amide bonds. The third-order valence-corrected chi connectivity index (χ3v) is 2.55. The highest BCUT2D eigenvalue weighted by Gasteiger charge is 2.15. The minimum Gasteiger partial charge on any atom is -0.346 e. The SMILES string of the molecule is CC(=O)N[C@H](CCc1ccccc1)C(=O)S. The van der Waals surface area contributed by atoms with Crippen LogP contribution in [-0.4, -0.2) is 17.1 Å². The Bertz CT molecular complexity index is 365. The highest BCUT2D eigenvalue weighted by Crippen LogP contribution is 2.06. The molecule has 0 fully saturated rings. The maximum absolute atomic E-state index is 11.2. The van der Waals surface area contributed by atoms with E-state index in [1.54, 1.807) is 0 Å². The van der Waals surface area contributed by atoms with Gasteiger partial charge in [0.2, 0.25) is 11.0 Å². The second kappa shape index (κ2) is 6.33. The largest absolute Gasteiger partial charge is 0.346 e. The summed E-state index contributed by atoms with van der Waals surface area (Å²) in [7, 11) is 0. The van der Waals surface area contributed by atoms with Crippen LogP contribution in [0.2, 0.25) is 0 Å². The van der Waals surface area contributed by atoms with Crippen LogP contribution in [-0.2, 0) is 16.0 Å². The van der Waals surface area contributed by atoms with Crippen LogP contribution in [0.3, 0.4) is 0 Å². The summed E-state index contributed by atoms with van der Waals surface area (Å²) >= 11 is 3.76. The van der Waals surface area contributed by atoms with Crippen LogP contribution >= 0.6 is 12.6 Å². The van der Waals surface area contributed by atoms with Crippen LogP contribution in [0.4, 0.5) is 0 Å². The second-order valence-corrected chi connectivity index (χ2v) is 4.06. The number of aryl methyl sites for hydroxylation is 1. The van der Waals surface area contributed by atoms with Crippen molar-refractivity contribution >= 4 is 23.7 Å². The van der Waals surface area contributed by atoms with Gasteiger partial charge in [-0.1, -0.05) is 30.3 Å². The summed E-state index contributed by atoms with van der Waals surface area (Å²) in [5, 5.41) is 2.28. The maximum Gasteiger partial charge on any atom is 0.217 e. The minimum atomic E-state index is -0.499. The number of hydrogen-bond donors (Lipinski definition) is 2. The van der Waals surface area contributed by atoms with Crippen molar-refractivity contribution in [3.05, 3.63) is 35.9 Å². The van der Waals surface area contributed by atoms with Gasteiger partial charge in [-0.3, -0.25) is 9.59 Å². The molecule has 0 aromatic heterocycles. The van der Waals surface area contributed by atoms with E-state index in [0.717, 1.165) is 12.0 Å². The molecule has 0 saturated carbocycles. The Labute approximate surface area is 101 Å². The van der Waals surface area contributed by atoms with Gasteiger partial charge in [-0.2, -0.15) is 0 Å². The molecule has 3 nitrogen and oxygen atoms in total. The molecule has 0 bridgehead atoms. The summed E-state index contributed by atoms with van der Waals surface area (Å²) in [5.74, 6) is -0.208. The number of carbonyl (C=O) groups excluding carboxylic acids is 2. The molecule has 0 aliphatic rings. The fourth-order valence-electron chi connectivity index (χ4n) is 1.46. The molecule has 86 valence electrons. The fraction of sp³-hybridized carbons (Fsp3) is 0.333. The van der Waals surface area contributed by atoms with E-state index in [1.165, 1.54) is 6.92 Å². The molecule has 1 N–H and O–H groups in total. The van der Waals surface area contributed by atoms with E-state index >= 15 is 0 Å². The second-order valence-electron chi connectivity index (χ2n) is 3.62. The first-order valence-corrected chi connectivity index (χ1v) is 5.58. The lowest BCUT2D eigenvalue weighted by Gasteiger charge is -2.13. The number of thiol groups is 1. The Morgan fingerprint density at radius 3 is 2.44 bits per heavy atom. The van der Waals surface area contributed by atoms with Crippen molar-refractivity contribution in [2.24, 2.45) is 0 Å². The van der Waals surface area contributed by atoms with Crippen LogP contribution in [0.25, 0.3) is 0 Å². The van der Waals surface area contributed by atoms with Gasteiger partial charge >= 0.3 is 0 Å². The molecule has 0 aliphatic heterocycles. The summed E-state index contributed by atoms with van der Waals surface area (Å²) in [6.45, 7) is 1.40. The zero-order valence-corrected chi connectivity index (χ0v) is 10.0. The highest BCUT2D eigenvalue weighted by molar-refractivity contribution is 7.96. The van der Waals surface area contributed by atoms with Gasteiger partial charge in [-0.05, 0) is 18.4 Å². The van der Waals surface area contributed by atoms with Crippen LogP contribution in [0.1, 0.15) is 18.9 Å². The van der Waals surface area contributed by atoms with Gasteiger partial charge in [0.1, 0.15) is 0 Å². The number of hydrogen-bond acceptors (Lipinski definition) is 2. The van der Waals surface area contributed by atoms with Crippen LogP contribution in [0.5, 0.6) is 0 Å². The average molecular weight is 237 g/mol. The van der Waals surface area contributed by atoms with E-state index in [4.69, 9.17) is 0 Å². The van der Waals surface area contributed by atoms with Gasteiger partial charge in [-0.15, -0.1) is 12.6 Å². The molecule has 0 radical (unpaired) electrons. The molecule has 0 saturated heterocycles. The summed E-state index contributed by atoms with van der Waals surface area (Å²) in [5.41, 5.74) is 1.15. The lowest BCUT2D eigenvalue weighted by Crippen LogP contribution is -2.37. The van der Waals surface area contributed by atoms with E-state index in [9.17, 15) is 9.59 Å². The minimum absolute atomic E-state index is 0.208. The van der Waals surface area contributed by atoms with Crippen LogP contribution in [0, 0.1) is 0 Å². The molecule has 1 atom stereocenters. The van der Waals surface area contributed by atoms with Crippen molar-refractivity contribution in [1.29, 1.82) is 0 Å². The van der Waals surface area contributed by atoms with E-state index in [-0.39, 0.29) is 11.0 Å². The highest BCUT2D eigenvalue weighted by atomic mass is 32.1. The molecule has 0 unspecified atom stereocenters.